The lowest BCUT2D eigenvalue weighted by molar-refractivity contribution is 0.0510. The Balaban J connectivity index is 1.96. The lowest BCUT2D eigenvalue weighted by atomic mass is 10.00. The fraction of sp³-hybridized carbons (Fsp3) is 0.526. The second-order valence-corrected chi connectivity index (χ2v) is 7.09. The molecule has 1 atom stereocenters. The van der Waals surface area contributed by atoms with Crippen LogP contribution in [0.25, 0.3) is 0 Å². The highest BCUT2D eigenvalue weighted by atomic mass is 16.6. The van der Waals surface area contributed by atoms with Gasteiger partial charge in [-0.1, -0.05) is 42.0 Å². The second kappa shape index (κ2) is 7.64. The third-order valence-corrected chi connectivity index (χ3v) is 3.92. The van der Waals surface area contributed by atoms with Crippen molar-refractivity contribution >= 4 is 6.09 Å². The van der Waals surface area contributed by atoms with Gasteiger partial charge in [0, 0.05) is 25.7 Å². The molecule has 4 heteroatoms. The van der Waals surface area contributed by atoms with Crippen LogP contribution in [-0.2, 0) is 11.3 Å². The Labute approximate surface area is 139 Å². The molecule has 1 heterocycles. The first-order valence-corrected chi connectivity index (χ1v) is 8.26. The molecule has 23 heavy (non-hydrogen) atoms. The van der Waals surface area contributed by atoms with Crippen LogP contribution in [0.3, 0.4) is 0 Å². The molecule has 1 aliphatic heterocycles. The summed E-state index contributed by atoms with van der Waals surface area (Å²) in [5.74, 6) is 0. The molecule has 0 radical (unpaired) electrons. The van der Waals surface area contributed by atoms with E-state index < -0.39 is 5.60 Å². The number of nitrogens with zero attached hydrogens (tertiary/aromatic N) is 1. The van der Waals surface area contributed by atoms with Gasteiger partial charge < -0.3 is 10.1 Å². The molecule has 1 N–H and O–H groups in total. The molecule has 0 aromatic heterocycles. The van der Waals surface area contributed by atoms with E-state index >= 15 is 0 Å². The van der Waals surface area contributed by atoms with Gasteiger partial charge in [-0.15, -0.1) is 0 Å². The van der Waals surface area contributed by atoms with Gasteiger partial charge in [0.2, 0.25) is 0 Å². The molecule has 0 saturated heterocycles. The fourth-order valence-electron chi connectivity index (χ4n) is 2.83. The van der Waals surface area contributed by atoms with E-state index in [9.17, 15) is 4.79 Å². The molecule has 1 aliphatic rings. The van der Waals surface area contributed by atoms with Gasteiger partial charge in [-0.3, -0.25) is 4.90 Å². The topological polar surface area (TPSA) is 41.6 Å². The molecule has 0 fully saturated rings. The van der Waals surface area contributed by atoms with Crippen molar-refractivity contribution in [1.82, 2.24) is 10.2 Å². The Morgan fingerprint density at radius 3 is 2.65 bits per heavy atom. The SMILES string of the molecule is CC1=CCCN(Cc2ccccc2)C1CNC(=O)OC(C)(C)C. The van der Waals surface area contributed by atoms with Crippen LogP contribution in [0.15, 0.2) is 42.0 Å². The van der Waals surface area contributed by atoms with Crippen molar-refractivity contribution in [2.45, 2.75) is 52.3 Å². The largest absolute Gasteiger partial charge is 0.444 e. The molecule has 126 valence electrons. The standard InChI is InChI=1S/C19H28N2O2/c1-15-9-8-12-21(14-16-10-6-5-7-11-16)17(15)13-20-18(22)23-19(2,3)4/h5-7,9-11,17H,8,12-14H2,1-4H3,(H,20,22). The lowest BCUT2D eigenvalue weighted by Crippen LogP contribution is -2.47. The van der Waals surface area contributed by atoms with E-state index in [1.807, 2.05) is 26.8 Å². The maximum Gasteiger partial charge on any atom is 0.407 e. The van der Waals surface area contributed by atoms with E-state index in [2.05, 4.69) is 47.5 Å². The van der Waals surface area contributed by atoms with E-state index in [-0.39, 0.29) is 12.1 Å². The van der Waals surface area contributed by atoms with E-state index in [1.54, 1.807) is 0 Å². The van der Waals surface area contributed by atoms with Crippen LogP contribution in [0, 0.1) is 0 Å². The molecule has 4 nitrogen and oxygen atoms in total. The molecule has 1 unspecified atom stereocenters. The zero-order valence-electron chi connectivity index (χ0n) is 14.6. The number of rotatable bonds is 4. The van der Waals surface area contributed by atoms with Crippen molar-refractivity contribution in [1.29, 1.82) is 0 Å². The maximum absolute atomic E-state index is 11.9. The highest BCUT2D eigenvalue weighted by Crippen LogP contribution is 2.20. The van der Waals surface area contributed by atoms with E-state index in [1.165, 1.54) is 11.1 Å². The summed E-state index contributed by atoms with van der Waals surface area (Å²) in [5, 5.41) is 2.91. The van der Waals surface area contributed by atoms with Gasteiger partial charge in [0.1, 0.15) is 5.60 Å². The second-order valence-electron chi connectivity index (χ2n) is 7.09. The first-order valence-electron chi connectivity index (χ1n) is 8.26. The summed E-state index contributed by atoms with van der Waals surface area (Å²) in [7, 11) is 0. The van der Waals surface area contributed by atoms with Crippen LogP contribution in [0.5, 0.6) is 0 Å². The minimum absolute atomic E-state index is 0.219. The summed E-state index contributed by atoms with van der Waals surface area (Å²) in [6.45, 7) is 10.2. The van der Waals surface area contributed by atoms with E-state index in [0.29, 0.717) is 6.54 Å². The van der Waals surface area contributed by atoms with Gasteiger partial charge in [-0.25, -0.2) is 4.79 Å². The Bertz CT molecular complexity index is 546. The average molecular weight is 316 g/mol. The molecular formula is C19H28N2O2. The Morgan fingerprint density at radius 1 is 1.30 bits per heavy atom. The molecule has 1 amide bonds. The molecule has 1 aromatic rings. The Kier molecular flexibility index (Phi) is 5.83. The van der Waals surface area contributed by atoms with Crippen molar-refractivity contribution in [3.8, 4) is 0 Å². The van der Waals surface area contributed by atoms with Crippen LogP contribution in [0.4, 0.5) is 4.79 Å². The first kappa shape index (κ1) is 17.5. The predicted octanol–water partition coefficient (Wildman–Crippen LogP) is 3.73. The number of benzene rings is 1. The maximum atomic E-state index is 11.9. The number of hydrogen-bond acceptors (Lipinski definition) is 3. The normalized spacial score (nSPS) is 19.1. The van der Waals surface area contributed by atoms with Gasteiger partial charge in [-0.05, 0) is 39.7 Å². The molecule has 2 rings (SSSR count). The minimum Gasteiger partial charge on any atom is -0.444 e. The number of carbonyl (C=O) groups is 1. The molecule has 0 bridgehead atoms. The summed E-state index contributed by atoms with van der Waals surface area (Å²) in [5.41, 5.74) is 2.14. The van der Waals surface area contributed by atoms with Crippen LogP contribution < -0.4 is 5.32 Å². The Morgan fingerprint density at radius 2 is 2.00 bits per heavy atom. The lowest BCUT2D eigenvalue weighted by Gasteiger charge is -2.35. The monoisotopic (exact) mass is 316 g/mol. The molecular weight excluding hydrogens is 288 g/mol. The number of nitrogens with one attached hydrogen (secondary N) is 1. The number of hydrogen-bond donors (Lipinski definition) is 1. The van der Waals surface area contributed by atoms with Gasteiger partial charge in [0.15, 0.2) is 0 Å². The summed E-state index contributed by atoms with van der Waals surface area (Å²) in [6.07, 6.45) is 2.97. The van der Waals surface area contributed by atoms with Crippen molar-refractivity contribution in [2.24, 2.45) is 0 Å². The van der Waals surface area contributed by atoms with E-state index in [0.717, 1.165) is 19.5 Å². The van der Waals surface area contributed by atoms with Crippen LogP contribution >= 0.6 is 0 Å². The summed E-state index contributed by atoms with van der Waals surface area (Å²) < 4.78 is 5.33. The van der Waals surface area contributed by atoms with Gasteiger partial charge in [0.05, 0.1) is 0 Å². The number of ether oxygens (including phenoxy) is 1. The molecule has 0 aliphatic carbocycles. The smallest absolute Gasteiger partial charge is 0.407 e. The highest BCUT2D eigenvalue weighted by molar-refractivity contribution is 5.67. The van der Waals surface area contributed by atoms with Crippen LogP contribution in [0.1, 0.15) is 39.7 Å². The fourth-order valence-corrected chi connectivity index (χ4v) is 2.83. The molecule has 1 aromatic carbocycles. The summed E-state index contributed by atoms with van der Waals surface area (Å²) in [4.78, 5) is 14.3. The highest BCUT2D eigenvalue weighted by Gasteiger charge is 2.24. The van der Waals surface area contributed by atoms with Crippen molar-refractivity contribution < 1.29 is 9.53 Å². The van der Waals surface area contributed by atoms with Crippen molar-refractivity contribution in [2.75, 3.05) is 13.1 Å². The average Bonchev–Trinajstić information content (AvgIpc) is 2.46. The minimum atomic E-state index is -0.467. The molecule has 0 saturated carbocycles. The summed E-state index contributed by atoms with van der Waals surface area (Å²) >= 11 is 0. The Hall–Kier alpha value is -1.81. The van der Waals surface area contributed by atoms with Gasteiger partial charge in [-0.2, -0.15) is 0 Å². The van der Waals surface area contributed by atoms with Gasteiger partial charge >= 0.3 is 6.09 Å². The molecule has 0 spiro atoms. The predicted molar refractivity (Wildman–Crippen MR) is 93.3 cm³/mol. The number of amides is 1. The zero-order valence-corrected chi connectivity index (χ0v) is 14.6. The van der Waals surface area contributed by atoms with Crippen molar-refractivity contribution in [3.05, 3.63) is 47.5 Å². The van der Waals surface area contributed by atoms with E-state index in [4.69, 9.17) is 4.74 Å². The van der Waals surface area contributed by atoms with Gasteiger partial charge in [0.25, 0.3) is 0 Å². The number of carbonyl (C=O) groups excluding carboxylic acids is 1. The quantitative estimate of drug-likeness (QED) is 0.861. The zero-order chi connectivity index (χ0) is 16.9. The number of alkyl carbamates (subject to hydrolysis) is 1. The third kappa shape index (κ3) is 5.71. The first-order chi connectivity index (χ1) is 10.8. The van der Waals surface area contributed by atoms with Crippen LogP contribution in [0.2, 0.25) is 0 Å². The third-order valence-electron chi connectivity index (χ3n) is 3.92. The van der Waals surface area contributed by atoms with Crippen molar-refractivity contribution in [3.63, 3.8) is 0 Å². The van der Waals surface area contributed by atoms with Crippen LogP contribution in [-0.4, -0.2) is 35.7 Å². The summed E-state index contributed by atoms with van der Waals surface area (Å²) in [6, 6.07) is 10.7.